The van der Waals surface area contributed by atoms with Crippen LogP contribution in [0.15, 0.2) is 24.3 Å². The SMILES string of the molecule is CCOC(=O)C1CCN(Cc2ccccc2O)CC1. The number of carbonyl (C=O) groups is 1. The molecule has 1 aromatic carbocycles. The molecule has 1 N–H and O–H groups in total. The Bertz CT molecular complexity index is 425. The monoisotopic (exact) mass is 263 g/mol. The first-order chi connectivity index (χ1) is 9.20. The number of para-hydroxylation sites is 1. The third-order valence-corrected chi connectivity index (χ3v) is 3.59. The highest BCUT2D eigenvalue weighted by molar-refractivity contribution is 5.72. The molecule has 0 unspecified atom stereocenters. The maximum atomic E-state index is 11.6. The normalized spacial score (nSPS) is 17.3. The Morgan fingerprint density at radius 3 is 2.68 bits per heavy atom. The molecule has 19 heavy (non-hydrogen) atoms. The second-order valence-electron chi connectivity index (χ2n) is 4.93. The van der Waals surface area contributed by atoms with Crippen molar-refractivity contribution in [2.24, 2.45) is 5.92 Å². The van der Waals surface area contributed by atoms with E-state index in [0.717, 1.165) is 38.0 Å². The molecule has 4 heteroatoms. The van der Waals surface area contributed by atoms with Crippen LogP contribution in [0, 0.1) is 5.92 Å². The van der Waals surface area contributed by atoms with E-state index in [1.165, 1.54) is 0 Å². The molecule has 1 aliphatic heterocycles. The predicted molar refractivity (Wildman–Crippen MR) is 72.7 cm³/mol. The number of aromatic hydroxyl groups is 1. The summed E-state index contributed by atoms with van der Waals surface area (Å²) >= 11 is 0. The summed E-state index contributed by atoms with van der Waals surface area (Å²) in [6, 6.07) is 7.40. The van der Waals surface area contributed by atoms with Gasteiger partial charge in [0.15, 0.2) is 0 Å². The van der Waals surface area contributed by atoms with Gasteiger partial charge < -0.3 is 9.84 Å². The number of hydrogen-bond acceptors (Lipinski definition) is 4. The summed E-state index contributed by atoms with van der Waals surface area (Å²) in [6.45, 7) is 4.78. The first-order valence-corrected chi connectivity index (χ1v) is 6.86. The molecule has 0 amide bonds. The fourth-order valence-corrected chi connectivity index (χ4v) is 2.47. The number of rotatable bonds is 4. The molecule has 1 aromatic rings. The van der Waals surface area contributed by atoms with Gasteiger partial charge in [0, 0.05) is 12.1 Å². The van der Waals surface area contributed by atoms with Crippen LogP contribution in [0.3, 0.4) is 0 Å². The lowest BCUT2D eigenvalue weighted by molar-refractivity contribution is -0.149. The van der Waals surface area contributed by atoms with Crippen molar-refractivity contribution < 1.29 is 14.6 Å². The molecule has 0 radical (unpaired) electrons. The van der Waals surface area contributed by atoms with Crippen molar-refractivity contribution in [2.45, 2.75) is 26.3 Å². The van der Waals surface area contributed by atoms with Crippen LogP contribution in [-0.2, 0) is 16.1 Å². The third-order valence-electron chi connectivity index (χ3n) is 3.59. The Kier molecular flexibility index (Phi) is 4.80. The summed E-state index contributed by atoms with van der Waals surface area (Å²) in [4.78, 5) is 13.9. The molecule has 0 aliphatic carbocycles. The Labute approximate surface area is 114 Å². The average molecular weight is 263 g/mol. The zero-order valence-corrected chi connectivity index (χ0v) is 11.3. The fourth-order valence-electron chi connectivity index (χ4n) is 2.47. The molecule has 0 saturated carbocycles. The molecule has 4 nitrogen and oxygen atoms in total. The van der Waals surface area contributed by atoms with Gasteiger partial charge in [0.25, 0.3) is 0 Å². The summed E-state index contributed by atoms with van der Waals surface area (Å²) in [5, 5.41) is 9.75. The lowest BCUT2D eigenvalue weighted by Gasteiger charge is -2.30. The predicted octanol–water partition coefficient (Wildman–Crippen LogP) is 2.17. The van der Waals surface area contributed by atoms with Gasteiger partial charge in [-0.15, -0.1) is 0 Å². The maximum Gasteiger partial charge on any atom is 0.309 e. The Balaban J connectivity index is 1.84. The number of benzene rings is 1. The molecule has 0 bridgehead atoms. The van der Waals surface area contributed by atoms with E-state index in [2.05, 4.69) is 4.90 Å². The average Bonchev–Trinajstić information content (AvgIpc) is 2.42. The van der Waals surface area contributed by atoms with Gasteiger partial charge in [-0.05, 0) is 38.9 Å². The first-order valence-electron chi connectivity index (χ1n) is 6.86. The minimum Gasteiger partial charge on any atom is -0.508 e. The molecule has 2 rings (SSSR count). The van der Waals surface area contributed by atoms with Crippen molar-refractivity contribution in [3.8, 4) is 5.75 Å². The first kappa shape index (κ1) is 13.9. The van der Waals surface area contributed by atoms with E-state index in [1.54, 1.807) is 6.07 Å². The number of hydrogen-bond donors (Lipinski definition) is 1. The lowest BCUT2D eigenvalue weighted by Crippen LogP contribution is -2.36. The number of phenols is 1. The second-order valence-corrected chi connectivity index (χ2v) is 4.93. The minimum absolute atomic E-state index is 0.0422. The van der Waals surface area contributed by atoms with Gasteiger partial charge in [-0.25, -0.2) is 0 Å². The van der Waals surface area contributed by atoms with Crippen molar-refractivity contribution in [1.29, 1.82) is 0 Å². The van der Waals surface area contributed by atoms with Gasteiger partial charge in [-0.1, -0.05) is 18.2 Å². The third kappa shape index (κ3) is 3.70. The Morgan fingerprint density at radius 1 is 1.37 bits per heavy atom. The van der Waals surface area contributed by atoms with Gasteiger partial charge in [-0.2, -0.15) is 0 Å². The van der Waals surface area contributed by atoms with Crippen molar-refractivity contribution >= 4 is 5.97 Å². The number of likely N-dealkylation sites (tertiary alicyclic amines) is 1. The highest BCUT2D eigenvalue weighted by Gasteiger charge is 2.26. The van der Waals surface area contributed by atoms with Crippen LogP contribution >= 0.6 is 0 Å². The summed E-state index contributed by atoms with van der Waals surface area (Å²) in [5.41, 5.74) is 0.942. The number of nitrogens with zero attached hydrogens (tertiary/aromatic N) is 1. The van der Waals surface area contributed by atoms with Gasteiger partial charge in [0.05, 0.1) is 12.5 Å². The van der Waals surface area contributed by atoms with Crippen LogP contribution in [0.2, 0.25) is 0 Å². The van der Waals surface area contributed by atoms with Gasteiger partial charge in [0.2, 0.25) is 0 Å². The van der Waals surface area contributed by atoms with Crippen molar-refractivity contribution in [3.05, 3.63) is 29.8 Å². The lowest BCUT2D eigenvalue weighted by atomic mass is 9.96. The zero-order chi connectivity index (χ0) is 13.7. The topological polar surface area (TPSA) is 49.8 Å². The van der Waals surface area contributed by atoms with Crippen LogP contribution in [-0.4, -0.2) is 35.7 Å². The van der Waals surface area contributed by atoms with E-state index in [4.69, 9.17) is 4.74 Å². The van der Waals surface area contributed by atoms with Crippen LogP contribution in [0.25, 0.3) is 0 Å². The molecular formula is C15H21NO3. The van der Waals surface area contributed by atoms with Crippen LogP contribution in [0.5, 0.6) is 5.75 Å². The zero-order valence-electron chi connectivity index (χ0n) is 11.3. The summed E-state index contributed by atoms with van der Waals surface area (Å²) in [7, 11) is 0. The van der Waals surface area contributed by atoms with Crippen LogP contribution < -0.4 is 0 Å². The second kappa shape index (κ2) is 6.57. The summed E-state index contributed by atoms with van der Waals surface area (Å²) in [5.74, 6) is 0.320. The van der Waals surface area contributed by atoms with E-state index in [9.17, 15) is 9.90 Å². The summed E-state index contributed by atoms with van der Waals surface area (Å²) in [6.07, 6.45) is 1.68. The molecule has 1 heterocycles. The van der Waals surface area contributed by atoms with Crippen molar-refractivity contribution in [1.82, 2.24) is 4.90 Å². The molecule has 104 valence electrons. The maximum absolute atomic E-state index is 11.6. The molecule has 1 fully saturated rings. The molecule has 1 saturated heterocycles. The number of piperidine rings is 1. The van der Waals surface area contributed by atoms with Gasteiger partial charge in [0.1, 0.15) is 5.75 Å². The Hall–Kier alpha value is -1.55. The van der Waals surface area contributed by atoms with E-state index in [1.807, 2.05) is 25.1 Å². The number of esters is 1. The van der Waals surface area contributed by atoms with Crippen molar-refractivity contribution in [3.63, 3.8) is 0 Å². The largest absolute Gasteiger partial charge is 0.508 e. The van der Waals surface area contributed by atoms with Crippen molar-refractivity contribution in [2.75, 3.05) is 19.7 Å². The van der Waals surface area contributed by atoms with E-state index in [0.29, 0.717) is 12.4 Å². The molecular weight excluding hydrogens is 242 g/mol. The number of carbonyl (C=O) groups excluding carboxylic acids is 1. The summed E-state index contributed by atoms with van der Waals surface area (Å²) < 4.78 is 5.06. The van der Waals surface area contributed by atoms with Crippen LogP contribution in [0.4, 0.5) is 0 Å². The van der Waals surface area contributed by atoms with Gasteiger partial charge >= 0.3 is 5.97 Å². The Morgan fingerprint density at radius 2 is 2.05 bits per heavy atom. The quantitative estimate of drug-likeness (QED) is 0.846. The smallest absolute Gasteiger partial charge is 0.309 e. The number of phenolic OH excluding ortho intramolecular Hbond substituents is 1. The molecule has 0 spiro atoms. The van der Waals surface area contributed by atoms with E-state index < -0.39 is 0 Å². The minimum atomic E-state index is -0.0651. The van der Waals surface area contributed by atoms with E-state index >= 15 is 0 Å². The standard InChI is InChI=1S/C15H21NO3/c1-2-19-15(18)12-7-9-16(10-8-12)11-13-5-3-4-6-14(13)17/h3-6,12,17H,2,7-11H2,1H3. The molecule has 0 atom stereocenters. The van der Waals surface area contributed by atoms with Gasteiger partial charge in [-0.3, -0.25) is 9.69 Å². The fraction of sp³-hybridized carbons (Fsp3) is 0.533. The molecule has 0 aromatic heterocycles. The highest BCUT2D eigenvalue weighted by atomic mass is 16.5. The highest BCUT2D eigenvalue weighted by Crippen LogP contribution is 2.23. The number of ether oxygens (including phenoxy) is 1. The van der Waals surface area contributed by atoms with Crippen LogP contribution in [0.1, 0.15) is 25.3 Å². The molecule has 1 aliphatic rings. The van der Waals surface area contributed by atoms with E-state index in [-0.39, 0.29) is 11.9 Å².